The fourth-order valence-electron chi connectivity index (χ4n) is 3.35. The zero-order chi connectivity index (χ0) is 16.9. The lowest BCUT2D eigenvalue weighted by Gasteiger charge is -2.09. The Hall–Kier alpha value is -2.69. The van der Waals surface area contributed by atoms with Crippen LogP contribution in [0.2, 0.25) is 0 Å². The second kappa shape index (κ2) is 5.16. The van der Waals surface area contributed by atoms with Gasteiger partial charge in [0.15, 0.2) is 0 Å². The molecule has 2 heterocycles. The van der Waals surface area contributed by atoms with E-state index in [1.165, 1.54) is 12.1 Å². The van der Waals surface area contributed by atoms with Gasteiger partial charge in [-0.1, -0.05) is 30.8 Å². The monoisotopic (exact) mass is 328 g/mol. The minimum Gasteiger partial charge on any atom is -0.385 e. The molecule has 1 aromatic heterocycles. The van der Waals surface area contributed by atoms with Gasteiger partial charge in [-0.15, -0.1) is 0 Å². The van der Waals surface area contributed by atoms with Gasteiger partial charge < -0.3 is 10.3 Å². The molecule has 0 aliphatic carbocycles. The van der Waals surface area contributed by atoms with E-state index in [1.54, 1.807) is 6.07 Å². The molecule has 0 amide bonds. The lowest BCUT2D eigenvalue weighted by atomic mass is 9.99. The molecule has 0 spiro atoms. The lowest BCUT2D eigenvalue weighted by molar-refractivity contribution is -0.137. The minimum absolute atomic E-state index is 0.550. The molecule has 0 atom stereocenters. The Kier molecular flexibility index (Phi) is 3.20. The minimum atomic E-state index is -4.35. The van der Waals surface area contributed by atoms with Crippen LogP contribution in [0.1, 0.15) is 16.7 Å². The summed E-state index contributed by atoms with van der Waals surface area (Å²) < 4.78 is 39.1. The summed E-state index contributed by atoms with van der Waals surface area (Å²) in [6.45, 7) is 4.75. The number of rotatable bonds is 1. The largest absolute Gasteiger partial charge is 0.416 e. The van der Waals surface area contributed by atoms with Crippen LogP contribution in [0.15, 0.2) is 49.0 Å². The summed E-state index contributed by atoms with van der Waals surface area (Å²) in [7, 11) is 0. The first kappa shape index (κ1) is 14.9. The highest BCUT2D eigenvalue weighted by Crippen LogP contribution is 2.38. The second-order valence-electron chi connectivity index (χ2n) is 5.94. The highest BCUT2D eigenvalue weighted by atomic mass is 19.4. The van der Waals surface area contributed by atoms with E-state index in [2.05, 4.69) is 16.9 Å². The molecule has 0 radical (unpaired) electrons. The number of H-pyrrole nitrogens is 1. The predicted octanol–water partition coefficient (Wildman–Crippen LogP) is 4.97. The molecular weight excluding hydrogens is 313 g/mol. The van der Waals surface area contributed by atoms with Crippen molar-refractivity contribution in [1.82, 2.24) is 10.3 Å². The Morgan fingerprint density at radius 2 is 1.83 bits per heavy atom. The van der Waals surface area contributed by atoms with E-state index in [1.807, 2.05) is 18.2 Å². The number of nitrogens with one attached hydrogen (secondary N) is 2. The summed E-state index contributed by atoms with van der Waals surface area (Å²) in [5.74, 6) is 0. The van der Waals surface area contributed by atoms with Gasteiger partial charge in [-0.05, 0) is 35.7 Å². The number of alkyl halides is 3. The Bertz CT molecular complexity index is 951. The molecule has 5 heteroatoms. The fraction of sp³-hybridized carbons (Fsp3) is 0.158. The third kappa shape index (κ3) is 2.28. The summed E-state index contributed by atoms with van der Waals surface area (Å²) in [5, 5.41) is 4.31. The molecular formula is C19H15F3N2. The van der Waals surface area contributed by atoms with E-state index in [9.17, 15) is 13.2 Å². The van der Waals surface area contributed by atoms with E-state index in [-0.39, 0.29) is 0 Å². The van der Waals surface area contributed by atoms with E-state index >= 15 is 0 Å². The molecule has 0 unspecified atom stereocenters. The van der Waals surface area contributed by atoms with Crippen molar-refractivity contribution in [2.24, 2.45) is 0 Å². The first-order valence-electron chi connectivity index (χ1n) is 7.69. The first-order valence-corrected chi connectivity index (χ1v) is 7.69. The molecule has 2 nitrogen and oxygen atoms in total. The highest BCUT2D eigenvalue weighted by molar-refractivity contribution is 5.99. The summed E-state index contributed by atoms with van der Waals surface area (Å²) >= 11 is 0. The van der Waals surface area contributed by atoms with Crippen LogP contribution in [0.4, 0.5) is 13.2 Å². The maximum Gasteiger partial charge on any atom is 0.416 e. The zero-order valence-corrected chi connectivity index (χ0v) is 12.8. The van der Waals surface area contributed by atoms with Crippen molar-refractivity contribution < 1.29 is 13.2 Å². The standard InChI is InChI=1S/C19H15F3N2/c1-11-14-6-3-7-16-17(14)15(8-9-23-11)18(24-16)12-4-2-5-13(10-12)19(20,21)22/h2-7,10,23-24H,1,8-9H2. The fourth-order valence-corrected chi connectivity index (χ4v) is 3.35. The molecule has 0 bridgehead atoms. The number of benzene rings is 2. The molecule has 0 saturated carbocycles. The topological polar surface area (TPSA) is 27.8 Å². The summed E-state index contributed by atoms with van der Waals surface area (Å²) in [6.07, 6.45) is -3.63. The maximum atomic E-state index is 13.0. The van der Waals surface area contributed by atoms with Crippen molar-refractivity contribution in [2.45, 2.75) is 12.6 Å². The van der Waals surface area contributed by atoms with Gasteiger partial charge in [0.2, 0.25) is 0 Å². The van der Waals surface area contributed by atoms with Gasteiger partial charge in [-0.3, -0.25) is 0 Å². The van der Waals surface area contributed by atoms with Gasteiger partial charge in [-0.25, -0.2) is 0 Å². The van der Waals surface area contributed by atoms with Crippen LogP contribution in [0, 0.1) is 0 Å². The van der Waals surface area contributed by atoms with E-state index in [0.717, 1.165) is 45.9 Å². The second-order valence-corrected chi connectivity index (χ2v) is 5.94. The number of hydrogen-bond donors (Lipinski definition) is 2. The van der Waals surface area contributed by atoms with E-state index in [0.29, 0.717) is 12.1 Å². The lowest BCUT2D eigenvalue weighted by Crippen LogP contribution is -2.12. The average molecular weight is 328 g/mol. The summed E-state index contributed by atoms with van der Waals surface area (Å²) in [4.78, 5) is 3.30. The summed E-state index contributed by atoms with van der Waals surface area (Å²) in [5.41, 5.74) is 4.45. The number of hydrogen-bond acceptors (Lipinski definition) is 1. The van der Waals surface area contributed by atoms with Crippen molar-refractivity contribution in [2.75, 3.05) is 6.54 Å². The van der Waals surface area contributed by atoms with Gasteiger partial charge in [0.25, 0.3) is 0 Å². The quantitative estimate of drug-likeness (QED) is 0.648. The third-order valence-corrected chi connectivity index (χ3v) is 4.44. The molecule has 0 fully saturated rings. The van der Waals surface area contributed by atoms with Crippen molar-refractivity contribution in [3.05, 3.63) is 65.7 Å². The normalized spacial score (nSPS) is 14.5. The summed E-state index contributed by atoms with van der Waals surface area (Å²) in [6, 6.07) is 11.3. The van der Waals surface area contributed by atoms with Crippen LogP contribution < -0.4 is 5.32 Å². The number of halogens is 3. The SMILES string of the molecule is C=C1NCCc2c(-c3cccc(C(F)(F)F)c3)[nH]c3cccc1c23. The Morgan fingerprint density at radius 3 is 2.62 bits per heavy atom. The number of aromatic nitrogens is 1. The van der Waals surface area contributed by atoms with Gasteiger partial charge in [0, 0.05) is 34.4 Å². The van der Waals surface area contributed by atoms with Gasteiger partial charge in [0.1, 0.15) is 0 Å². The van der Waals surface area contributed by atoms with Crippen molar-refractivity contribution >= 4 is 16.6 Å². The zero-order valence-electron chi connectivity index (χ0n) is 12.8. The van der Waals surface area contributed by atoms with Crippen molar-refractivity contribution in [1.29, 1.82) is 0 Å². The average Bonchev–Trinajstić information content (AvgIpc) is 2.84. The van der Waals surface area contributed by atoms with Crippen LogP contribution in [-0.2, 0) is 12.6 Å². The highest BCUT2D eigenvalue weighted by Gasteiger charge is 2.31. The smallest absolute Gasteiger partial charge is 0.385 e. The van der Waals surface area contributed by atoms with Crippen LogP contribution in [0.25, 0.3) is 27.9 Å². The molecule has 2 aromatic carbocycles. The molecule has 24 heavy (non-hydrogen) atoms. The van der Waals surface area contributed by atoms with Crippen molar-refractivity contribution in [3.63, 3.8) is 0 Å². The van der Waals surface area contributed by atoms with Crippen LogP contribution in [-0.4, -0.2) is 11.5 Å². The molecule has 2 N–H and O–H groups in total. The van der Waals surface area contributed by atoms with Crippen LogP contribution in [0.3, 0.4) is 0 Å². The maximum absolute atomic E-state index is 13.0. The number of aromatic amines is 1. The predicted molar refractivity (Wildman–Crippen MR) is 89.5 cm³/mol. The Labute approximate surface area is 137 Å². The molecule has 3 aromatic rings. The van der Waals surface area contributed by atoms with Crippen molar-refractivity contribution in [3.8, 4) is 11.3 Å². The van der Waals surface area contributed by atoms with E-state index < -0.39 is 11.7 Å². The molecule has 1 aliphatic heterocycles. The molecule has 122 valence electrons. The van der Waals surface area contributed by atoms with Gasteiger partial charge in [0.05, 0.1) is 5.56 Å². The molecule has 4 rings (SSSR count). The Balaban J connectivity index is 1.97. The molecule has 0 saturated heterocycles. The van der Waals surface area contributed by atoms with Gasteiger partial charge >= 0.3 is 6.18 Å². The van der Waals surface area contributed by atoms with Crippen LogP contribution in [0.5, 0.6) is 0 Å². The molecule has 1 aliphatic rings. The third-order valence-electron chi connectivity index (χ3n) is 4.44. The van der Waals surface area contributed by atoms with Gasteiger partial charge in [-0.2, -0.15) is 13.2 Å². The van der Waals surface area contributed by atoms with E-state index in [4.69, 9.17) is 0 Å². The van der Waals surface area contributed by atoms with Crippen LogP contribution >= 0.6 is 0 Å². The first-order chi connectivity index (χ1) is 11.4. The Morgan fingerprint density at radius 1 is 1.04 bits per heavy atom.